The van der Waals surface area contributed by atoms with Gasteiger partial charge in [0.05, 0.1) is 19.3 Å². The standard InChI is InChI=1S/C18H25N3O5/c1-3-26-18(24)21-12-10-20(11-13-21)16(22)8-9-19-15-6-4-14(5-7-15)17(23)25-2/h4-7,19H,3,8-13H2,1-2H3. The lowest BCUT2D eigenvalue weighted by molar-refractivity contribution is -0.132. The topological polar surface area (TPSA) is 88.2 Å². The van der Waals surface area contributed by atoms with Gasteiger partial charge in [-0.1, -0.05) is 0 Å². The van der Waals surface area contributed by atoms with Gasteiger partial charge < -0.3 is 24.6 Å². The van der Waals surface area contributed by atoms with Gasteiger partial charge >= 0.3 is 12.1 Å². The van der Waals surface area contributed by atoms with Crippen molar-refractivity contribution < 1.29 is 23.9 Å². The Kier molecular flexibility index (Phi) is 7.25. The number of hydrogen-bond acceptors (Lipinski definition) is 6. The third-order valence-electron chi connectivity index (χ3n) is 4.13. The summed E-state index contributed by atoms with van der Waals surface area (Å²) in [5, 5.41) is 3.16. The number of methoxy groups -OCH3 is 1. The van der Waals surface area contributed by atoms with Crippen LogP contribution in [0.15, 0.2) is 24.3 Å². The Hall–Kier alpha value is -2.77. The molecule has 1 heterocycles. The zero-order chi connectivity index (χ0) is 18.9. The molecule has 0 bridgehead atoms. The fraction of sp³-hybridized carbons (Fsp3) is 0.500. The van der Waals surface area contributed by atoms with Crippen LogP contribution in [-0.4, -0.2) is 74.2 Å². The fourth-order valence-corrected chi connectivity index (χ4v) is 2.67. The number of nitrogens with zero attached hydrogens (tertiary/aromatic N) is 2. The van der Waals surface area contributed by atoms with Gasteiger partial charge in [-0.25, -0.2) is 9.59 Å². The van der Waals surface area contributed by atoms with Gasteiger partial charge in [0.2, 0.25) is 5.91 Å². The molecule has 1 aliphatic rings. The van der Waals surface area contributed by atoms with Crippen molar-refractivity contribution in [1.82, 2.24) is 9.80 Å². The summed E-state index contributed by atoms with van der Waals surface area (Å²) < 4.78 is 9.62. The number of esters is 1. The molecule has 26 heavy (non-hydrogen) atoms. The molecule has 1 saturated heterocycles. The highest BCUT2D eigenvalue weighted by molar-refractivity contribution is 5.89. The number of carbonyl (C=O) groups is 3. The number of carbonyl (C=O) groups excluding carboxylic acids is 3. The van der Waals surface area contributed by atoms with Crippen molar-refractivity contribution in [2.75, 3.05) is 51.8 Å². The van der Waals surface area contributed by atoms with Crippen LogP contribution in [0.3, 0.4) is 0 Å². The maximum absolute atomic E-state index is 12.3. The first kappa shape index (κ1) is 19.6. The first-order valence-corrected chi connectivity index (χ1v) is 8.67. The Morgan fingerprint density at radius 2 is 1.65 bits per heavy atom. The molecule has 8 heteroatoms. The quantitative estimate of drug-likeness (QED) is 0.772. The normalized spacial score (nSPS) is 13.9. The van der Waals surface area contributed by atoms with Crippen LogP contribution in [0, 0.1) is 0 Å². The number of hydrogen-bond donors (Lipinski definition) is 1. The van der Waals surface area contributed by atoms with E-state index in [1.165, 1.54) is 7.11 Å². The molecule has 8 nitrogen and oxygen atoms in total. The van der Waals surface area contributed by atoms with Crippen LogP contribution in [0.25, 0.3) is 0 Å². The van der Waals surface area contributed by atoms with Crippen LogP contribution in [0.2, 0.25) is 0 Å². The van der Waals surface area contributed by atoms with Crippen molar-refractivity contribution in [2.45, 2.75) is 13.3 Å². The van der Waals surface area contributed by atoms with E-state index >= 15 is 0 Å². The van der Waals surface area contributed by atoms with E-state index in [0.717, 1.165) is 5.69 Å². The maximum atomic E-state index is 12.3. The van der Waals surface area contributed by atoms with Gasteiger partial charge in [-0.2, -0.15) is 0 Å². The number of rotatable bonds is 6. The van der Waals surface area contributed by atoms with Crippen LogP contribution in [-0.2, 0) is 14.3 Å². The van der Waals surface area contributed by atoms with E-state index in [4.69, 9.17) is 4.74 Å². The smallest absolute Gasteiger partial charge is 0.409 e. The summed E-state index contributed by atoms with van der Waals surface area (Å²) >= 11 is 0. The first-order chi connectivity index (χ1) is 12.5. The van der Waals surface area contributed by atoms with Gasteiger partial charge in [-0.15, -0.1) is 0 Å². The highest BCUT2D eigenvalue weighted by atomic mass is 16.6. The highest BCUT2D eigenvalue weighted by Crippen LogP contribution is 2.11. The van der Waals surface area contributed by atoms with E-state index < -0.39 is 0 Å². The molecule has 2 rings (SSSR count). The van der Waals surface area contributed by atoms with E-state index in [9.17, 15) is 14.4 Å². The molecule has 1 aromatic carbocycles. The van der Waals surface area contributed by atoms with Crippen molar-refractivity contribution in [1.29, 1.82) is 0 Å². The van der Waals surface area contributed by atoms with Crippen molar-refractivity contribution in [3.63, 3.8) is 0 Å². The largest absolute Gasteiger partial charge is 0.465 e. The van der Waals surface area contributed by atoms with Crippen LogP contribution < -0.4 is 5.32 Å². The van der Waals surface area contributed by atoms with Gasteiger partial charge in [0.15, 0.2) is 0 Å². The van der Waals surface area contributed by atoms with Crippen molar-refractivity contribution in [2.24, 2.45) is 0 Å². The summed E-state index contributed by atoms with van der Waals surface area (Å²) in [5.41, 5.74) is 1.31. The Balaban J connectivity index is 1.71. The predicted octanol–water partition coefficient (Wildman–Crippen LogP) is 1.58. The average Bonchev–Trinajstić information content (AvgIpc) is 2.68. The van der Waals surface area contributed by atoms with E-state index in [1.807, 2.05) is 0 Å². The Morgan fingerprint density at radius 1 is 1.04 bits per heavy atom. The van der Waals surface area contributed by atoms with Crippen molar-refractivity contribution in [3.8, 4) is 0 Å². The summed E-state index contributed by atoms with van der Waals surface area (Å²) in [6.45, 7) is 4.64. The molecule has 0 aromatic heterocycles. The molecular weight excluding hydrogens is 338 g/mol. The van der Waals surface area contributed by atoms with Crippen molar-refractivity contribution >= 4 is 23.7 Å². The number of anilines is 1. The molecule has 142 valence electrons. The second kappa shape index (κ2) is 9.65. The molecule has 0 atom stereocenters. The monoisotopic (exact) mass is 363 g/mol. The van der Waals surface area contributed by atoms with Crippen LogP contribution in [0.1, 0.15) is 23.7 Å². The van der Waals surface area contributed by atoms with Gasteiger partial charge in [-0.05, 0) is 31.2 Å². The summed E-state index contributed by atoms with van der Waals surface area (Å²) in [4.78, 5) is 38.7. The van der Waals surface area contributed by atoms with Crippen LogP contribution >= 0.6 is 0 Å². The minimum Gasteiger partial charge on any atom is -0.465 e. The first-order valence-electron chi connectivity index (χ1n) is 8.67. The van der Waals surface area contributed by atoms with Gasteiger partial charge in [0, 0.05) is 44.8 Å². The Labute approximate surface area is 153 Å². The lowest BCUT2D eigenvalue weighted by Crippen LogP contribution is -2.50. The highest BCUT2D eigenvalue weighted by Gasteiger charge is 2.24. The zero-order valence-electron chi connectivity index (χ0n) is 15.2. The number of benzene rings is 1. The van der Waals surface area contributed by atoms with E-state index in [1.54, 1.807) is 41.0 Å². The summed E-state index contributed by atoms with van der Waals surface area (Å²) in [6.07, 6.45) is 0.0368. The Morgan fingerprint density at radius 3 is 2.23 bits per heavy atom. The van der Waals surface area contributed by atoms with Crippen LogP contribution in [0.5, 0.6) is 0 Å². The molecule has 0 unspecified atom stereocenters. The molecular formula is C18H25N3O5. The van der Waals surface area contributed by atoms with E-state index in [0.29, 0.717) is 51.3 Å². The molecule has 0 radical (unpaired) electrons. The molecule has 0 spiro atoms. The molecule has 1 fully saturated rings. The van der Waals surface area contributed by atoms with E-state index in [2.05, 4.69) is 10.1 Å². The number of ether oxygens (including phenoxy) is 2. The maximum Gasteiger partial charge on any atom is 0.409 e. The molecule has 1 aromatic rings. The molecule has 2 amide bonds. The van der Waals surface area contributed by atoms with Crippen LogP contribution in [0.4, 0.5) is 10.5 Å². The molecule has 1 N–H and O–H groups in total. The lowest BCUT2D eigenvalue weighted by Gasteiger charge is -2.34. The summed E-state index contributed by atoms with van der Waals surface area (Å²) in [7, 11) is 1.34. The fourth-order valence-electron chi connectivity index (χ4n) is 2.67. The second-order valence-corrected chi connectivity index (χ2v) is 5.81. The third-order valence-corrected chi connectivity index (χ3v) is 4.13. The second-order valence-electron chi connectivity index (χ2n) is 5.81. The number of piperazine rings is 1. The molecule has 0 aliphatic carbocycles. The number of amides is 2. The SMILES string of the molecule is CCOC(=O)N1CCN(C(=O)CCNc2ccc(C(=O)OC)cc2)CC1. The van der Waals surface area contributed by atoms with E-state index in [-0.39, 0.29) is 18.0 Å². The summed E-state index contributed by atoms with van der Waals surface area (Å²) in [6, 6.07) is 6.89. The third kappa shape index (κ3) is 5.37. The minimum atomic E-state index is -0.381. The summed E-state index contributed by atoms with van der Waals surface area (Å²) in [5.74, 6) is -0.333. The van der Waals surface area contributed by atoms with Gasteiger partial charge in [0.25, 0.3) is 0 Å². The van der Waals surface area contributed by atoms with Crippen molar-refractivity contribution in [3.05, 3.63) is 29.8 Å². The molecule has 1 aliphatic heterocycles. The number of nitrogens with one attached hydrogen (secondary N) is 1. The van der Waals surface area contributed by atoms with Gasteiger partial charge in [-0.3, -0.25) is 4.79 Å². The molecule has 0 saturated carbocycles. The minimum absolute atomic E-state index is 0.0483. The average molecular weight is 363 g/mol. The lowest BCUT2D eigenvalue weighted by atomic mass is 10.2. The predicted molar refractivity (Wildman–Crippen MR) is 96.1 cm³/mol. The van der Waals surface area contributed by atoms with Gasteiger partial charge in [0.1, 0.15) is 0 Å². The Bertz CT molecular complexity index is 624. The zero-order valence-corrected chi connectivity index (χ0v) is 15.2.